The monoisotopic (exact) mass is 223 g/mol. The molecule has 0 bridgehead atoms. The van der Waals surface area contributed by atoms with Gasteiger partial charge in [-0.1, -0.05) is 19.8 Å². The average Bonchev–Trinajstić information content (AvgIpc) is 2.83. The zero-order valence-electron chi connectivity index (χ0n) is 9.75. The third kappa shape index (κ3) is 2.82. The lowest BCUT2D eigenvalue weighted by Gasteiger charge is -2.19. The fourth-order valence-electron chi connectivity index (χ4n) is 2.61. The van der Waals surface area contributed by atoms with Crippen LogP contribution in [0.4, 0.5) is 0 Å². The first kappa shape index (κ1) is 11.2. The SMILES string of the molecule is CCC1CCCC1NCc1ccc(C)s1. The summed E-state index contributed by atoms with van der Waals surface area (Å²) in [6.45, 7) is 5.57. The van der Waals surface area contributed by atoms with Gasteiger partial charge in [0.25, 0.3) is 0 Å². The van der Waals surface area contributed by atoms with Crippen LogP contribution in [0.1, 0.15) is 42.4 Å². The third-order valence-corrected chi connectivity index (χ3v) is 4.52. The second kappa shape index (κ2) is 5.13. The predicted molar refractivity (Wildman–Crippen MR) is 67.3 cm³/mol. The molecule has 1 nitrogen and oxygen atoms in total. The molecule has 15 heavy (non-hydrogen) atoms. The fraction of sp³-hybridized carbons (Fsp3) is 0.692. The average molecular weight is 223 g/mol. The Labute approximate surface area is 96.9 Å². The summed E-state index contributed by atoms with van der Waals surface area (Å²) in [5, 5.41) is 3.72. The van der Waals surface area contributed by atoms with Crippen molar-refractivity contribution >= 4 is 11.3 Å². The van der Waals surface area contributed by atoms with Crippen LogP contribution in [0.3, 0.4) is 0 Å². The lowest BCUT2D eigenvalue weighted by atomic mass is 10.0. The smallest absolute Gasteiger partial charge is 0.0302 e. The zero-order chi connectivity index (χ0) is 10.7. The van der Waals surface area contributed by atoms with Crippen molar-refractivity contribution in [1.82, 2.24) is 5.32 Å². The fourth-order valence-corrected chi connectivity index (χ4v) is 3.45. The summed E-state index contributed by atoms with van der Waals surface area (Å²) in [6.07, 6.45) is 5.56. The van der Waals surface area contributed by atoms with Gasteiger partial charge >= 0.3 is 0 Å². The van der Waals surface area contributed by atoms with E-state index >= 15 is 0 Å². The van der Waals surface area contributed by atoms with Crippen molar-refractivity contribution in [2.45, 2.75) is 52.1 Å². The highest BCUT2D eigenvalue weighted by Gasteiger charge is 2.24. The molecule has 1 aromatic rings. The van der Waals surface area contributed by atoms with Crippen LogP contribution in [0.5, 0.6) is 0 Å². The Morgan fingerprint density at radius 3 is 2.93 bits per heavy atom. The molecule has 0 spiro atoms. The minimum atomic E-state index is 0.775. The van der Waals surface area contributed by atoms with Gasteiger partial charge in [-0.3, -0.25) is 0 Å². The molecule has 2 heteroatoms. The molecule has 2 unspecified atom stereocenters. The molecule has 2 atom stereocenters. The van der Waals surface area contributed by atoms with E-state index in [1.165, 1.54) is 35.4 Å². The molecule has 0 aliphatic heterocycles. The second-order valence-electron chi connectivity index (χ2n) is 4.60. The quantitative estimate of drug-likeness (QED) is 0.820. The highest BCUT2D eigenvalue weighted by molar-refractivity contribution is 7.11. The highest BCUT2D eigenvalue weighted by atomic mass is 32.1. The van der Waals surface area contributed by atoms with Gasteiger partial charge in [-0.05, 0) is 37.8 Å². The Morgan fingerprint density at radius 2 is 2.27 bits per heavy atom. The van der Waals surface area contributed by atoms with Gasteiger partial charge in [0, 0.05) is 22.3 Å². The van der Waals surface area contributed by atoms with E-state index in [2.05, 4.69) is 31.3 Å². The van der Waals surface area contributed by atoms with Crippen LogP contribution in [-0.2, 0) is 6.54 Å². The van der Waals surface area contributed by atoms with Gasteiger partial charge in [0.05, 0.1) is 0 Å². The molecule has 0 saturated heterocycles. The Bertz CT molecular complexity index is 305. The number of aryl methyl sites for hydroxylation is 1. The number of nitrogens with one attached hydrogen (secondary N) is 1. The van der Waals surface area contributed by atoms with E-state index in [0.29, 0.717) is 0 Å². The molecular weight excluding hydrogens is 202 g/mol. The number of rotatable bonds is 4. The molecule has 0 radical (unpaired) electrons. The van der Waals surface area contributed by atoms with E-state index in [1.807, 2.05) is 11.3 Å². The summed E-state index contributed by atoms with van der Waals surface area (Å²) >= 11 is 1.92. The van der Waals surface area contributed by atoms with E-state index < -0.39 is 0 Å². The summed E-state index contributed by atoms with van der Waals surface area (Å²) in [6, 6.07) is 5.24. The van der Waals surface area contributed by atoms with E-state index in [1.54, 1.807) is 0 Å². The van der Waals surface area contributed by atoms with Crippen molar-refractivity contribution < 1.29 is 0 Å². The molecule has 84 valence electrons. The molecule has 1 N–H and O–H groups in total. The van der Waals surface area contributed by atoms with Gasteiger partial charge in [0.1, 0.15) is 0 Å². The van der Waals surface area contributed by atoms with E-state index in [4.69, 9.17) is 0 Å². The molecule has 1 aromatic heterocycles. The van der Waals surface area contributed by atoms with E-state index in [-0.39, 0.29) is 0 Å². The maximum absolute atomic E-state index is 3.72. The second-order valence-corrected chi connectivity index (χ2v) is 5.97. The normalized spacial score (nSPS) is 26.0. The summed E-state index contributed by atoms with van der Waals surface area (Å²) in [7, 11) is 0. The van der Waals surface area contributed by atoms with Crippen molar-refractivity contribution in [1.29, 1.82) is 0 Å². The molecule has 1 heterocycles. The van der Waals surface area contributed by atoms with Gasteiger partial charge in [-0.15, -0.1) is 11.3 Å². The van der Waals surface area contributed by atoms with Gasteiger partial charge in [-0.2, -0.15) is 0 Å². The molecule has 2 rings (SSSR count). The van der Waals surface area contributed by atoms with Crippen molar-refractivity contribution in [3.63, 3.8) is 0 Å². The first-order valence-electron chi connectivity index (χ1n) is 6.08. The first-order chi connectivity index (χ1) is 7.29. The van der Waals surface area contributed by atoms with Gasteiger partial charge in [0.2, 0.25) is 0 Å². The summed E-state index contributed by atoms with van der Waals surface area (Å²) < 4.78 is 0. The summed E-state index contributed by atoms with van der Waals surface area (Å²) in [5.74, 6) is 0.922. The molecule has 1 fully saturated rings. The van der Waals surface area contributed by atoms with Crippen LogP contribution in [0, 0.1) is 12.8 Å². The van der Waals surface area contributed by atoms with Crippen LogP contribution in [0.15, 0.2) is 12.1 Å². The molecular formula is C13H21NS. The topological polar surface area (TPSA) is 12.0 Å². The molecule has 1 saturated carbocycles. The largest absolute Gasteiger partial charge is 0.309 e. The van der Waals surface area contributed by atoms with Crippen LogP contribution in [0.2, 0.25) is 0 Å². The van der Waals surface area contributed by atoms with Crippen LogP contribution in [-0.4, -0.2) is 6.04 Å². The lowest BCUT2D eigenvalue weighted by Crippen LogP contribution is -2.31. The third-order valence-electron chi connectivity index (χ3n) is 3.52. The van der Waals surface area contributed by atoms with Crippen molar-refractivity contribution in [3.8, 4) is 0 Å². The lowest BCUT2D eigenvalue weighted by molar-refractivity contribution is 0.390. The molecule has 1 aliphatic carbocycles. The minimum absolute atomic E-state index is 0.775. The Balaban J connectivity index is 1.82. The first-order valence-corrected chi connectivity index (χ1v) is 6.90. The number of hydrogen-bond donors (Lipinski definition) is 1. The Hall–Kier alpha value is -0.340. The molecule has 0 aromatic carbocycles. The van der Waals surface area contributed by atoms with Gasteiger partial charge in [-0.25, -0.2) is 0 Å². The molecule has 1 aliphatic rings. The highest BCUT2D eigenvalue weighted by Crippen LogP contribution is 2.28. The number of hydrogen-bond acceptors (Lipinski definition) is 2. The van der Waals surface area contributed by atoms with Gasteiger partial charge < -0.3 is 5.32 Å². The van der Waals surface area contributed by atoms with Crippen LogP contribution >= 0.6 is 11.3 Å². The summed E-state index contributed by atoms with van der Waals surface area (Å²) in [4.78, 5) is 2.90. The van der Waals surface area contributed by atoms with E-state index in [0.717, 1.165) is 18.5 Å². The van der Waals surface area contributed by atoms with E-state index in [9.17, 15) is 0 Å². The van der Waals surface area contributed by atoms with Crippen LogP contribution < -0.4 is 5.32 Å². The Morgan fingerprint density at radius 1 is 1.40 bits per heavy atom. The van der Waals surface area contributed by atoms with Crippen molar-refractivity contribution in [2.75, 3.05) is 0 Å². The van der Waals surface area contributed by atoms with Gasteiger partial charge in [0.15, 0.2) is 0 Å². The Kier molecular flexibility index (Phi) is 3.81. The summed E-state index contributed by atoms with van der Waals surface area (Å²) in [5.41, 5.74) is 0. The zero-order valence-corrected chi connectivity index (χ0v) is 10.6. The number of thiophene rings is 1. The molecule has 0 amide bonds. The maximum atomic E-state index is 3.72. The predicted octanol–water partition coefficient (Wildman–Crippen LogP) is 3.72. The van der Waals surface area contributed by atoms with Crippen molar-refractivity contribution in [3.05, 3.63) is 21.9 Å². The maximum Gasteiger partial charge on any atom is 0.0302 e. The standard InChI is InChI=1S/C13H21NS/c1-3-11-5-4-6-13(11)14-9-12-8-7-10(2)15-12/h7-8,11,13-14H,3-6,9H2,1-2H3. The minimum Gasteiger partial charge on any atom is -0.309 e. The van der Waals surface area contributed by atoms with Crippen molar-refractivity contribution in [2.24, 2.45) is 5.92 Å². The van der Waals surface area contributed by atoms with Crippen LogP contribution in [0.25, 0.3) is 0 Å².